The number of hydrogen-bond acceptors (Lipinski definition) is 5. The van der Waals surface area contributed by atoms with Crippen LogP contribution >= 0.6 is 0 Å². The molecule has 2 heterocycles. The molecule has 1 aromatic heterocycles. The molecule has 1 aliphatic rings. The monoisotopic (exact) mass is 335 g/mol. The quantitative estimate of drug-likeness (QED) is 0.891. The van der Waals surface area contributed by atoms with Crippen molar-refractivity contribution in [1.82, 2.24) is 14.6 Å². The van der Waals surface area contributed by atoms with Crippen LogP contribution in [-0.2, 0) is 16.6 Å². The summed E-state index contributed by atoms with van der Waals surface area (Å²) >= 11 is 0. The fourth-order valence-electron chi connectivity index (χ4n) is 2.45. The first-order valence-electron chi connectivity index (χ1n) is 7.33. The summed E-state index contributed by atoms with van der Waals surface area (Å²) in [5.41, 5.74) is 1.01. The van der Waals surface area contributed by atoms with E-state index in [-0.39, 0.29) is 17.3 Å². The normalized spacial score (nSPS) is 15.7. The molecule has 1 amide bonds. The van der Waals surface area contributed by atoms with E-state index in [2.05, 4.69) is 10.3 Å². The third-order valence-electron chi connectivity index (χ3n) is 3.73. The smallest absolute Gasteiger partial charge is 0.251 e. The molecule has 1 fully saturated rings. The number of aromatic nitrogens is 1. The molecule has 0 aliphatic carbocycles. The largest absolute Gasteiger partial charge is 0.451 e. The maximum absolute atomic E-state index is 12.4. The Kier molecular flexibility index (Phi) is 4.44. The number of sulfonamides is 1. The fraction of sp³-hybridized carbons (Fsp3) is 0.333. The number of carbonyl (C=O) groups is 1. The number of amides is 1. The van der Waals surface area contributed by atoms with E-state index in [0.29, 0.717) is 24.3 Å². The maximum atomic E-state index is 12.4. The van der Waals surface area contributed by atoms with Crippen LogP contribution in [0.3, 0.4) is 0 Å². The van der Waals surface area contributed by atoms with Gasteiger partial charge in [0.25, 0.3) is 5.91 Å². The molecule has 0 unspecified atom stereocenters. The molecule has 0 spiro atoms. The summed E-state index contributed by atoms with van der Waals surface area (Å²) in [6, 6.07) is 5.97. The molecule has 7 nitrogen and oxygen atoms in total. The molecule has 0 atom stereocenters. The van der Waals surface area contributed by atoms with Crippen molar-refractivity contribution in [3.05, 3.63) is 48.2 Å². The summed E-state index contributed by atoms with van der Waals surface area (Å²) < 4.78 is 31.1. The maximum Gasteiger partial charge on any atom is 0.251 e. The van der Waals surface area contributed by atoms with E-state index in [1.807, 2.05) is 0 Å². The molecule has 3 rings (SSSR count). The van der Waals surface area contributed by atoms with Crippen LogP contribution in [0.1, 0.15) is 28.9 Å². The van der Waals surface area contributed by atoms with E-state index in [1.54, 1.807) is 0 Å². The highest BCUT2D eigenvalue weighted by atomic mass is 32.2. The highest BCUT2D eigenvalue weighted by molar-refractivity contribution is 7.89. The Balaban J connectivity index is 1.67. The number of benzene rings is 1. The minimum atomic E-state index is -3.45. The van der Waals surface area contributed by atoms with Crippen molar-refractivity contribution in [2.75, 3.05) is 13.1 Å². The van der Waals surface area contributed by atoms with Gasteiger partial charge in [0.1, 0.15) is 6.26 Å². The molecular formula is C15H17N3O4S. The Morgan fingerprint density at radius 2 is 1.91 bits per heavy atom. The highest BCUT2D eigenvalue weighted by Crippen LogP contribution is 2.21. The predicted octanol–water partition coefficient (Wildman–Crippen LogP) is 1.39. The zero-order chi connectivity index (χ0) is 16.3. The molecule has 23 heavy (non-hydrogen) atoms. The highest BCUT2D eigenvalue weighted by Gasteiger charge is 2.27. The second kappa shape index (κ2) is 6.51. The van der Waals surface area contributed by atoms with Gasteiger partial charge in [0, 0.05) is 18.7 Å². The number of nitrogens with one attached hydrogen (secondary N) is 1. The van der Waals surface area contributed by atoms with Crippen molar-refractivity contribution >= 4 is 15.9 Å². The molecule has 1 saturated heterocycles. The summed E-state index contributed by atoms with van der Waals surface area (Å²) in [5.74, 6) is -0.293. The second-order valence-electron chi connectivity index (χ2n) is 5.30. The molecule has 8 heteroatoms. The Hall–Kier alpha value is -2.19. The van der Waals surface area contributed by atoms with Crippen LogP contribution < -0.4 is 5.32 Å². The van der Waals surface area contributed by atoms with Crippen LogP contribution in [-0.4, -0.2) is 36.7 Å². The van der Waals surface area contributed by atoms with Crippen LogP contribution in [0.2, 0.25) is 0 Å². The average Bonchev–Trinajstić information content (AvgIpc) is 3.26. The van der Waals surface area contributed by atoms with Gasteiger partial charge in [-0.05, 0) is 37.1 Å². The first-order valence-corrected chi connectivity index (χ1v) is 8.77. The van der Waals surface area contributed by atoms with E-state index in [9.17, 15) is 13.2 Å². The Morgan fingerprint density at radius 1 is 1.22 bits per heavy atom. The number of oxazole rings is 1. The molecule has 1 aliphatic heterocycles. The molecule has 1 aromatic carbocycles. The SMILES string of the molecule is O=C(NCc1cocn1)c1ccc(S(=O)(=O)N2CCCC2)cc1. The zero-order valence-corrected chi connectivity index (χ0v) is 13.3. The van der Waals surface area contributed by atoms with E-state index in [1.165, 1.54) is 41.2 Å². The van der Waals surface area contributed by atoms with E-state index < -0.39 is 10.0 Å². The van der Waals surface area contributed by atoms with Gasteiger partial charge in [0.15, 0.2) is 6.39 Å². The average molecular weight is 335 g/mol. The molecule has 0 saturated carbocycles. The van der Waals surface area contributed by atoms with Gasteiger partial charge in [0.2, 0.25) is 10.0 Å². The van der Waals surface area contributed by atoms with Gasteiger partial charge in [-0.25, -0.2) is 13.4 Å². The van der Waals surface area contributed by atoms with E-state index in [0.717, 1.165) is 12.8 Å². The van der Waals surface area contributed by atoms with Crippen molar-refractivity contribution in [3.8, 4) is 0 Å². The van der Waals surface area contributed by atoms with Crippen LogP contribution in [0.5, 0.6) is 0 Å². The number of nitrogens with zero attached hydrogens (tertiary/aromatic N) is 2. The Labute approximate surface area is 134 Å². The van der Waals surface area contributed by atoms with Gasteiger partial charge in [-0.15, -0.1) is 0 Å². The van der Waals surface area contributed by atoms with Gasteiger partial charge < -0.3 is 9.73 Å². The lowest BCUT2D eigenvalue weighted by Crippen LogP contribution is -2.28. The lowest BCUT2D eigenvalue weighted by atomic mass is 10.2. The number of hydrogen-bond donors (Lipinski definition) is 1. The summed E-state index contributed by atoms with van der Waals surface area (Å²) in [7, 11) is -3.45. The Bertz CT molecular complexity index is 764. The lowest BCUT2D eigenvalue weighted by Gasteiger charge is -2.15. The van der Waals surface area contributed by atoms with Crippen LogP contribution in [0.25, 0.3) is 0 Å². The van der Waals surface area contributed by atoms with Gasteiger partial charge >= 0.3 is 0 Å². The van der Waals surface area contributed by atoms with Crippen LogP contribution in [0.15, 0.2) is 46.2 Å². The van der Waals surface area contributed by atoms with Crippen LogP contribution in [0.4, 0.5) is 0 Å². The van der Waals surface area contributed by atoms with Crippen molar-refractivity contribution < 1.29 is 17.6 Å². The summed E-state index contributed by atoms with van der Waals surface area (Å²) in [6.45, 7) is 1.37. The standard InChI is InChI=1S/C15H17N3O4S/c19-15(16-9-13-10-22-11-17-13)12-3-5-14(6-4-12)23(20,21)18-7-1-2-8-18/h3-6,10-11H,1-2,7-9H2,(H,16,19). The number of rotatable bonds is 5. The molecule has 122 valence electrons. The van der Waals surface area contributed by atoms with Crippen LogP contribution in [0, 0.1) is 0 Å². The van der Waals surface area contributed by atoms with Crippen molar-refractivity contribution in [2.45, 2.75) is 24.3 Å². The topological polar surface area (TPSA) is 92.5 Å². The van der Waals surface area contributed by atoms with Gasteiger partial charge in [-0.3, -0.25) is 4.79 Å². The first kappa shape index (κ1) is 15.7. The summed E-state index contributed by atoms with van der Waals surface area (Å²) in [6.07, 6.45) is 4.52. The van der Waals surface area contributed by atoms with Crippen molar-refractivity contribution in [3.63, 3.8) is 0 Å². The minimum absolute atomic E-state index is 0.215. The van der Waals surface area contributed by atoms with Gasteiger partial charge in [-0.1, -0.05) is 0 Å². The predicted molar refractivity (Wildman–Crippen MR) is 82.1 cm³/mol. The fourth-order valence-corrected chi connectivity index (χ4v) is 3.97. The molecule has 0 bridgehead atoms. The van der Waals surface area contributed by atoms with Crippen molar-refractivity contribution in [2.24, 2.45) is 0 Å². The number of carbonyl (C=O) groups excluding carboxylic acids is 1. The van der Waals surface area contributed by atoms with Gasteiger partial charge in [0.05, 0.1) is 17.1 Å². The minimum Gasteiger partial charge on any atom is -0.451 e. The molecule has 2 aromatic rings. The van der Waals surface area contributed by atoms with E-state index >= 15 is 0 Å². The van der Waals surface area contributed by atoms with Gasteiger partial charge in [-0.2, -0.15) is 4.31 Å². The third-order valence-corrected chi connectivity index (χ3v) is 5.65. The van der Waals surface area contributed by atoms with E-state index in [4.69, 9.17) is 4.42 Å². The third kappa shape index (κ3) is 3.43. The molecule has 0 radical (unpaired) electrons. The Morgan fingerprint density at radius 3 is 2.52 bits per heavy atom. The summed E-state index contributed by atoms with van der Waals surface area (Å²) in [5, 5.41) is 2.69. The lowest BCUT2D eigenvalue weighted by molar-refractivity contribution is 0.0950. The second-order valence-corrected chi connectivity index (χ2v) is 7.24. The molecular weight excluding hydrogens is 318 g/mol. The van der Waals surface area contributed by atoms with Crippen molar-refractivity contribution in [1.29, 1.82) is 0 Å². The summed E-state index contributed by atoms with van der Waals surface area (Å²) in [4.78, 5) is 16.1. The first-order chi connectivity index (χ1) is 11.1. The zero-order valence-electron chi connectivity index (χ0n) is 12.4. The molecule has 1 N–H and O–H groups in total.